The number of aromatic nitrogens is 4. The van der Waals surface area contributed by atoms with E-state index in [9.17, 15) is 39.5 Å². The molecule has 0 amide bonds. The van der Waals surface area contributed by atoms with E-state index in [4.69, 9.17) is 0 Å². The molecule has 14 atom stereocenters. The van der Waals surface area contributed by atoms with Crippen molar-refractivity contribution in [1.82, 2.24) is 19.9 Å². The Morgan fingerprint density at radius 2 is 0.500 bits per heavy atom. The zero-order chi connectivity index (χ0) is 40.5. The van der Waals surface area contributed by atoms with Gasteiger partial charge in [-0.25, -0.2) is 65.9 Å². The molecule has 4 aromatic rings. The number of hydrogen-bond acceptors (Lipinski definition) is 0. The molecule has 19 heteroatoms. The topological polar surface area (TPSA) is 63.2 Å². The van der Waals surface area contributed by atoms with Crippen LogP contribution in [0.15, 0.2) is 60.9 Å². The van der Waals surface area contributed by atoms with Crippen LogP contribution < -0.4 is 0 Å². The normalized spacial score (nSPS) is 42.3. The first kappa shape index (κ1) is 40.3. The summed E-state index contributed by atoms with van der Waals surface area (Å²) in [6, 6.07) is 9.55. The third-order valence-corrected chi connectivity index (χ3v) is 11.7. The van der Waals surface area contributed by atoms with Gasteiger partial charge in [-0.15, -0.1) is 0 Å². The van der Waals surface area contributed by atoms with Crippen LogP contribution in [0, 0.1) is 17.8 Å². The number of nitrogens with one attached hydrogen (secondary N) is 4. The van der Waals surface area contributed by atoms with Crippen molar-refractivity contribution < 1.29 is 65.9 Å². The summed E-state index contributed by atoms with van der Waals surface area (Å²) in [7, 11) is 0. The van der Waals surface area contributed by atoms with E-state index < -0.39 is 128 Å². The van der Waals surface area contributed by atoms with Crippen molar-refractivity contribution in [1.29, 1.82) is 0 Å². The molecule has 14 unspecified atom stereocenters. The number of H-pyrrole nitrogens is 4. The number of hydrogen-bond donors (Lipinski definition) is 4. The van der Waals surface area contributed by atoms with E-state index in [1.54, 1.807) is 0 Å². The Hall–Kier alpha value is -3.93. The average Bonchev–Trinajstić information content (AvgIpc) is 4.04. The maximum Gasteiger partial charge on any atom is 0.168 e. The lowest BCUT2D eigenvalue weighted by Crippen LogP contribution is -2.55. The first-order valence-electron chi connectivity index (χ1n) is 17.8. The lowest BCUT2D eigenvalue weighted by Gasteiger charge is -2.41. The fourth-order valence-corrected chi connectivity index (χ4v) is 8.89. The molecule has 3 aliphatic carbocycles. The van der Waals surface area contributed by atoms with Gasteiger partial charge in [0.05, 0.1) is 0 Å². The molecule has 4 heterocycles. The number of halogens is 15. The van der Waals surface area contributed by atoms with Gasteiger partial charge in [0.1, 0.15) is 37.0 Å². The molecular weight excluding hydrogens is 785 g/mol. The standard InChI is InChI=1S/C37H35F15N4/c38-23-20(24(39)30(45)35(50)29(23)44)17(11-3-1-9-53-11)13-5-7-15(55-13)19(22-27(42)33(48)37(52)34(49)28(22)43)16-8-6-14(56-16)18(12-4-2-10-54-12)21-25(40)31(46)36(51)32(47)26(21)41/h1-10,17-37,53-56H. The zero-order valence-electron chi connectivity index (χ0n) is 28.6. The molecule has 0 aliphatic heterocycles. The molecule has 308 valence electrons. The van der Waals surface area contributed by atoms with E-state index in [-0.39, 0.29) is 34.2 Å². The molecule has 56 heavy (non-hydrogen) atoms. The van der Waals surface area contributed by atoms with Crippen molar-refractivity contribution in [2.75, 3.05) is 0 Å². The van der Waals surface area contributed by atoms with E-state index in [2.05, 4.69) is 19.9 Å². The Morgan fingerprint density at radius 1 is 0.286 bits per heavy atom. The van der Waals surface area contributed by atoms with Gasteiger partial charge in [-0.05, 0) is 48.5 Å². The Kier molecular flexibility index (Phi) is 11.1. The molecule has 4 nitrogen and oxygen atoms in total. The first-order valence-corrected chi connectivity index (χ1v) is 17.8. The second-order valence-corrected chi connectivity index (χ2v) is 14.8. The fourth-order valence-electron chi connectivity index (χ4n) is 8.89. The molecule has 4 aromatic heterocycles. The highest BCUT2D eigenvalue weighted by molar-refractivity contribution is 5.37. The Morgan fingerprint density at radius 3 is 0.714 bits per heavy atom. The molecule has 4 N–H and O–H groups in total. The predicted molar refractivity (Wildman–Crippen MR) is 173 cm³/mol. The number of aromatic amines is 4. The van der Waals surface area contributed by atoms with Crippen molar-refractivity contribution >= 4 is 0 Å². The SMILES string of the molecule is FC1C(F)C(F)C(C(c2ccc[nH]2)c2ccc(C(c3ccc(C(c4ccc[nH]4)C4C(F)C(F)C(F)C(F)C4F)[nH]3)C3C(F)C(F)C(F)C(F)C3F)[nH]2)C(F)C1F. The van der Waals surface area contributed by atoms with Gasteiger partial charge in [-0.3, -0.25) is 0 Å². The second kappa shape index (κ2) is 15.4. The molecule has 0 spiro atoms. The second-order valence-electron chi connectivity index (χ2n) is 14.8. The molecule has 0 bridgehead atoms. The van der Waals surface area contributed by atoms with Crippen LogP contribution in [0.3, 0.4) is 0 Å². The van der Waals surface area contributed by atoms with E-state index in [0.29, 0.717) is 0 Å². The summed E-state index contributed by atoms with van der Waals surface area (Å²) in [6.07, 6.45) is -43.7. The summed E-state index contributed by atoms with van der Waals surface area (Å²) in [6.45, 7) is 0. The highest BCUT2D eigenvalue weighted by atomic mass is 19.2. The summed E-state index contributed by atoms with van der Waals surface area (Å²) in [4.78, 5) is 10.6. The van der Waals surface area contributed by atoms with E-state index >= 15 is 26.3 Å². The van der Waals surface area contributed by atoms with Crippen LogP contribution in [0.4, 0.5) is 65.9 Å². The van der Waals surface area contributed by atoms with Crippen molar-refractivity contribution in [2.24, 2.45) is 17.8 Å². The third kappa shape index (κ3) is 6.51. The average molecular weight is 821 g/mol. The quantitative estimate of drug-likeness (QED) is 0.122. The molecule has 0 aromatic carbocycles. The Balaban J connectivity index is 1.35. The largest absolute Gasteiger partial charge is 0.364 e. The van der Waals surface area contributed by atoms with Crippen LogP contribution in [0.2, 0.25) is 0 Å². The summed E-state index contributed by atoms with van der Waals surface area (Å²) in [5.41, 5.74) is -1.41. The summed E-state index contributed by atoms with van der Waals surface area (Å²) in [5, 5.41) is 0. The van der Waals surface area contributed by atoms with Gasteiger partial charge in [-0.1, -0.05) is 0 Å². The van der Waals surface area contributed by atoms with Crippen LogP contribution in [-0.4, -0.2) is 113 Å². The van der Waals surface area contributed by atoms with Crippen molar-refractivity contribution in [2.45, 2.75) is 110 Å². The lowest BCUT2D eigenvalue weighted by molar-refractivity contribution is -0.0937. The van der Waals surface area contributed by atoms with E-state index in [1.807, 2.05) is 0 Å². The molecule has 3 saturated carbocycles. The maximum absolute atomic E-state index is 15.9. The maximum atomic E-state index is 15.9. The van der Waals surface area contributed by atoms with Crippen molar-refractivity contribution in [3.63, 3.8) is 0 Å². The fraction of sp³-hybridized carbons (Fsp3) is 0.568. The first-order chi connectivity index (χ1) is 26.6. The van der Waals surface area contributed by atoms with E-state index in [1.165, 1.54) is 36.7 Å². The van der Waals surface area contributed by atoms with Crippen LogP contribution in [-0.2, 0) is 0 Å². The van der Waals surface area contributed by atoms with Gasteiger partial charge in [0.2, 0.25) is 0 Å². The van der Waals surface area contributed by atoms with Crippen molar-refractivity contribution in [3.05, 3.63) is 95.1 Å². The van der Waals surface area contributed by atoms with Crippen LogP contribution in [0.5, 0.6) is 0 Å². The van der Waals surface area contributed by atoms with Gasteiger partial charge in [0.25, 0.3) is 0 Å². The third-order valence-electron chi connectivity index (χ3n) is 11.7. The highest BCUT2D eigenvalue weighted by Gasteiger charge is 2.60. The molecule has 3 aliphatic rings. The summed E-state index contributed by atoms with van der Waals surface area (Å²) in [5.74, 6) is -12.2. The molecular formula is C37H35F15N4. The minimum atomic E-state index is -3.24. The van der Waals surface area contributed by atoms with Crippen LogP contribution in [0.1, 0.15) is 51.9 Å². The highest BCUT2D eigenvalue weighted by Crippen LogP contribution is 2.50. The summed E-state index contributed by atoms with van der Waals surface area (Å²) >= 11 is 0. The molecule has 3 fully saturated rings. The van der Waals surface area contributed by atoms with Gasteiger partial charge in [-0.2, -0.15) is 0 Å². The molecule has 0 saturated heterocycles. The number of rotatable bonds is 9. The minimum absolute atomic E-state index is 0.0582. The number of alkyl halides is 15. The summed E-state index contributed by atoms with van der Waals surface area (Å²) < 4.78 is 225. The van der Waals surface area contributed by atoms with Crippen LogP contribution >= 0.6 is 0 Å². The van der Waals surface area contributed by atoms with Crippen LogP contribution in [0.25, 0.3) is 0 Å². The van der Waals surface area contributed by atoms with Gasteiger partial charge < -0.3 is 19.9 Å². The lowest BCUT2D eigenvalue weighted by atomic mass is 9.72. The minimum Gasteiger partial charge on any atom is -0.364 e. The van der Waals surface area contributed by atoms with Gasteiger partial charge in [0.15, 0.2) is 55.5 Å². The van der Waals surface area contributed by atoms with E-state index in [0.717, 1.165) is 24.3 Å². The monoisotopic (exact) mass is 820 g/mol. The smallest absolute Gasteiger partial charge is 0.168 e. The van der Waals surface area contributed by atoms with Gasteiger partial charge in [0, 0.05) is 82.1 Å². The predicted octanol–water partition coefficient (Wildman–Crippen LogP) is 9.36. The Bertz CT molecular complexity index is 1710. The van der Waals surface area contributed by atoms with Crippen molar-refractivity contribution in [3.8, 4) is 0 Å². The molecule has 7 rings (SSSR count). The van der Waals surface area contributed by atoms with Gasteiger partial charge >= 0.3 is 0 Å². The molecule has 0 radical (unpaired) electrons. The zero-order valence-corrected chi connectivity index (χ0v) is 28.6. The Labute approximate surface area is 309 Å².